The molecule has 0 bridgehead atoms. The first-order chi connectivity index (χ1) is 7.90. The Morgan fingerprint density at radius 3 is 2.75 bits per heavy atom. The van der Waals surface area contributed by atoms with E-state index < -0.39 is 0 Å². The normalized spacial score (nSPS) is 13.4. The molecular formula is C13H11N3. The van der Waals surface area contributed by atoms with Crippen molar-refractivity contribution in [3.05, 3.63) is 47.3 Å². The summed E-state index contributed by atoms with van der Waals surface area (Å²) < 4.78 is 1.77. The molecule has 1 heterocycles. The van der Waals surface area contributed by atoms with Crippen molar-refractivity contribution in [3.8, 4) is 11.8 Å². The van der Waals surface area contributed by atoms with Gasteiger partial charge in [-0.05, 0) is 31.4 Å². The molecule has 0 N–H and O–H groups in total. The van der Waals surface area contributed by atoms with Crippen molar-refractivity contribution in [3.63, 3.8) is 0 Å². The largest absolute Gasteiger partial charge is 0.222 e. The maximum Gasteiger partial charge on any atom is 0.147 e. The second-order valence-corrected chi connectivity index (χ2v) is 3.99. The van der Waals surface area contributed by atoms with Gasteiger partial charge in [0.15, 0.2) is 0 Å². The Kier molecular flexibility index (Phi) is 2.00. The topological polar surface area (TPSA) is 41.6 Å². The molecule has 3 heteroatoms. The van der Waals surface area contributed by atoms with Crippen LogP contribution in [0.3, 0.4) is 0 Å². The lowest BCUT2D eigenvalue weighted by Crippen LogP contribution is -2.01. The van der Waals surface area contributed by atoms with E-state index in [0.29, 0.717) is 5.69 Å². The number of benzene rings is 1. The van der Waals surface area contributed by atoms with E-state index >= 15 is 0 Å². The van der Waals surface area contributed by atoms with Crippen LogP contribution in [-0.4, -0.2) is 9.78 Å². The van der Waals surface area contributed by atoms with Gasteiger partial charge < -0.3 is 0 Å². The quantitative estimate of drug-likeness (QED) is 0.722. The van der Waals surface area contributed by atoms with Gasteiger partial charge in [0.1, 0.15) is 11.8 Å². The zero-order valence-corrected chi connectivity index (χ0v) is 8.85. The molecule has 0 radical (unpaired) electrons. The van der Waals surface area contributed by atoms with E-state index in [1.807, 2.05) is 30.3 Å². The Morgan fingerprint density at radius 1 is 1.19 bits per heavy atom. The fourth-order valence-electron chi connectivity index (χ4n) is 2.26. The molecule has 0 aliphatic heterocycles. The van der Waals surface area contributed by atoms with E-state index in [1.165, 1.54) is 0 Å². The Balaban J connectivity index is 2.20. The first-order valence-electron chi connectivity index (χ1n) is 5.46. The van der Waals surface area contributed by atoms with Crippen LogP contribution in [0.5, 0.6) is 0 Å². The third-order valence-corrected chi connectivity index (χ3v) is 3.01. The monoisotopic (exact) mass is 209 g/mol. The predicted octanol–water partition coefficient (Wildman–Crippen LogP) is 2.23. The van der Waals surface area contributed by atoms with Crippen molar-refractivity contribution in [2.24, 2.45) is 0 Å². The molecule has 3 rings (SSSR count). The highest BCUT2D eigenvalue weighted by molar-refractivity contribution is 5.44. The number of aromatic nitrogens is 2. The summed E-state index contributed by atoms with van der Waals surface area (Å²) in [5.41, 5.74) is 3.92. The zero-order chi connectivity index (χ0) is 11.0. The van der Waals surface area contributed by atoms with Crippen LogP contribution in [0.1, 0.15) is 23.4 Å². The molecule has 0 saturated carbocycles. The molecule has 0 atom stereocenters. The van der Waals surface area contributed by atoms with Gasteiger partial charge in [0.2, 0.25) is 0 Å². The molecule has 0 fully saturated rings. The van der Waals surface area contributed by atoms with Gasteiger partial charge in [-0.25, -0.2) is 4.68 Å². The third kappa shape index (κ3) is 1.24. The number of hydrogen-bond acceptors (Lipinski definition) is 2. The highest BCUT2D eigenvalue weighted by Gasteiger charge is 2.22. The summed E-state index contributed by atoms with van der Waals surface area (Å²) in [6.45, 7) is 0. The molecule has 1 aromatic carbocycles. The van der Waals surface area contributed by atoms with Gasteiger partial charge in [-0.3, -0.25) is 0 Å². The van der Waals surface area contributed by atoms with Crippen molar-refractivity contribution >= 4 is 0 Å². The summed E-state index contributed by atoms with van der Waals surface area (Å²) in [6.07, 6.45) is 3.12. The number of fused-ring (bicyclic) bond motifs is 1. The number of hydrogen-bond donors (Lipinski definition) is 0. The lowest BCUT2D eigenvalue weighted by Gasteiger charge is -2.02. The summed E-state index contributed by atoms with van der Waals surface area (Å²) in [6, 6.07) is 12.1. The molecule has 0 amide bonds. The van der Waals surface area contributed by atoms with Crippen LogP contribution < -0.4 is 0 Å². The first-order valence-corrected chi connectivity index (χ1v) is 5.46. The number of rotatable bonds is 1. The summed E-state index contributed by atoms with van der Waals surface area (Å²) >= 11 is 0. The lowest BCUT2D eigenvalue weighted by molar-refractivity contribution is 0.792. The van der Waals surface area contributed by atoms with E-state index in [-0.39, 0.29) is 0 Å². The van der Waals surface area contributed by atoms with E-state index in [9.17, 15) is 5.26 Å². The Morgan fingerprint density at radius 2 is 2.00 bits per heavy atom. The average molecular weight is 209 g/mol. The Hall–Kier alpha value is -2.08. The second kappa shape index (κ2) is 3.49. The smallest absolute Gasteiger partial charge is 0.147 e. The minimum atomic E-state index is 0.707. The van der Waals surface area contributed by atoms with E-state index in [4.69, 9.17) is 0 Å². The van der Waals surface area contributed by atoms with Crippen LogP contribution in [0, 0.1) is 11.3 Å². The minimum absolute atomic E-state index is 0.707. The third-order valence-electron chi connectivity index (χ3n) is 3.01. The summed E-state index contributed by atoms with van der Waals surface area (Å²) in [4.78, 5) is 0. The van der Waals surface area contributed by atoms with Crippen LogP contribution >= 0.6 is 0 Å². The van der Waals surface area contributed by atoms with Gasteiger partial charge in [0.05, 0.1) is 11.4 Å². The second-order valence-electron chi connectivity index (χ2n) is 3.99. The van der Waals surface area contributed by atoms with Crippen LogP contribution in [0.2, 0.25) is 0 Å². The van der Waals surface area contributed by atoms with Crippen molar-refractivity contribution in [1.82, 2.24) is 9.78 Å². The van der Waals surface area contributed by atoms with Crippen LogP contribution in [0.4, 0.5) is 0 Å². The van der Waals surface area contributed by atoms with Crippen LogP contribution in [-0.2, 0) is 12.8 Å². The molecule has 1 aliphatic rings. The summed E-state index contributed by atoms with van der Waals surface area (Å²) in [5, 5.41) is 13.7. The molecule has 1 aliphatic carbocycles. The van der Waals surface area contributed by atoms with Gasteiger partial charge in [0, 0.05) is 5.56 Å². The first kappa shape index (κ1) is 9.17. The van der Waals surface area contributed by atoms with Crippen LogP contribution in [0.25, 0.3) is 5.69 Å². The Labute approximate surface area is 93.9 Å². The molecule has 2 aromatic rings. The number of nitriles is 1. The van der Waals surface area contributed by atoms with Gasteiger partial charge in [-0.1, -0.05) is 18.2 Å². The fraction of sp³-hybridized carbons (Fsp3) is 0.231. The molecular weight excluding hydrogens is 198 g/mol. The molecule has 3 nitrogen and oxygen atoms in total. The average Bonchev–Trinajstić information content (AvgIpc) is 2.89. The minimum Gasteiger partial charge on any atom is -0.222 e. The van der Waals surface area contributed by atoms with Crippen molar-refractivity contribution in [2.45, 2.75) is 19.3 Å². The van der Waals surface area contributed by atoms with E-state index in [2.05, 4.69) is 11.2 Å². The molecule has 0 unspecified atom stereocenters. The van der Waals surface area contributed by atoms with Crippen molar-refractivity contribution in [1.29, 1.82) is 5.26 Å². The maximum atomic E-state index is 9.22. The lowest BCUT2D eigenvalue weighted by atomic mass is 10.2. The number of nitrogens with zero attached hydrogens (tertiary/aromatic N) is 3. The highest BCUT2D eigenvalue weighted by atomic mass is 15.3. The van der Waals surface area contributed by atoms with E-state index in [1.54, 1.807) is 4.68 Å². The van der Waals surface area contributed by atoms with Crippen LogP contribution in [0.15, 0.2) is 30.3 Å². The standard InChI is InChI=1S/C13H11N3/c14-9-13-11-7-4-8-12(11)15-16(13)10-5-2-1-3-6-10/h1-3,5-6H,4,7-8H2. The summed E-state index contributed by atoms with van der Waals surface area (Å²) in [5.74, 6) is 0. The molecule has 16 heavy (non-hydrogen) atoms. The summed E-state index contributed by atoms with van der Waals surface area (Å²) in [7, 11) is 0. The number of aryl methyl sites for hydroxylation is 1. The van der Waals surface area contributed by atoms with Crippen molar-refractivity contribution < 1.29 is 0 Å². The maximum absolute atomic E-state index is 9.22. The number of para-hydroxylation sites is 1. The van der Waals surface area contributed by atoms with Gasteiger partial charge >= 0.3 is 0 Å². The predicted molar refractivity (Wildman–Crippen MR) is 60.3 cm³/mol. The highest BCUT2D eigenvalue weighted by Crippen LogP contribution is 2.26. The van der Waals surface area contributed by atoms with Gasteiger partial charge in [-0.2, -0.15) is 10.4 Å². The fourth-order valence-corrected chi connectivity index (χ4v) is 2.26. The van der Waals surface area contributed by atoms with Gasteiger partial charge in [0.25, 0.3) is 0 Å². The van der Waals surface area contributed by atoms with E-state index in [0.717, 1.165) is 36.2 Å². The molecule has 1 aromatic heterocycles. The SMILES string of the molecule is N#Cc1c2c(nn1-c1ccccc1)CCC2. The van der Waals surface area contributed by atoms with Gasteiger partial charge in [-0.15, -0.1) is 0 Å². The molecule has 0 spiro atoms. The van der Waals surface area contributed by atoms with Crippen molar-refractivity contribution in [2.75, 3.05) is 0 Å². The Bertz CT molecular complexity index is 561. The molecule has 0 saturated heterocycles. The molecule has 78 valence electrons. The zero-order valence-electron chi connectivity index (χ0n) is 8.85.